The SMILES string of the molecule is COc1ccc(N2CCC(NC(=O)NCCC3CCCO3)CC2)cc1. The van der Waals surface area contributed by atoms with Gasteiger partial charge in [-0.05, 0) is 56.4 Å². The Balaban J connectivity index is 1.34. The number of carbonyl (C=O) groups is 1. The molecule has 2 fully saturated rings. The minimum absolute atomic E-state index is 0.0547. The zero-order chi connectivity index (χ0) is 17.5. The highest BCUT2D eigenvalue weighted by Crippen LogP contribution is 2.22. The average molecular weight is 347 g/mol. The van der Waals surface area contributed by atoms with Gasteiger partial charge in [-0.15, -0.1) is 0 Å². The van der Waals surface area contributed by atoms with Gasteiger partial charge in [-0.1, -0.05) is 0 Å². The molecule has 6 heteroatoms. The molecule has 2 heterocycles. The summed E-state index contributed by atoms with van der Waals surface area (Å²) >= 11 is 0. The van der Waals surface area contributed by atoms with E-state index in [4.69, 9.17) is 9.47 Å². The number of amides is 2. The van der Waals surface area contributed by atoms with Gasteiger partial charge in [-0.25, -0.2) is 4.79 Å². The summed E-state index contributed by atoms with van der Waals surface area (Å²) in [5.74, 6) is 0.875. The van der Waals surface area contributed by atoms with E-state index in [9.17, 15) is 4.79 Å². The van der Waals surface area contributed by atoms with Crippen LogP contribution in [0.1, 0.15) is 32.1 Å². The van der Waals surface area contributed by atoms with Crippen LogP contribution in [-0.2, 0) is 4.74 Å². The maximum absolute atomic E-state index is 12.0. The number of anilines is 1. The van der Waals surface area contributed by atoms with Gasteiger partial charge in [0, 0.05) is 38.0 Å². The summed E-state index contributed by atoms with van der Waals surface area (Å²) in [7, 11) is 1.68. The first kappa shape index (κ1) is 17.9. The Kier molecular flexibility index (Phi) is 6.39. The van der Waals surface area contributed by atoms with Crippen molar-refractivity contribution >= 4 is 11.7 Å². The average Bonchev–Trinajstić information content (AvgIpc) is 3.16. The molecular formula is C19H29N3O3. The standard InChI is InChI=1S/C19H29N3O3/c1-24-17-6-4-16(5-7-17)22-12-9-15(10-13-22)21-19(23)20-11-8-18-3-2-14-25-18/h4-7,15,18H,2-3,8-14H2,1H3,(H2,20,21,23). The van der Waals surface area contributed by atoms with Crippen molar-refractivity contribution in [3.63, 3.8) is 0 Å². The first-order valence-electron chi connectivity index (χ1n) is 9.29. The molecule has 0 saturated carbocycles. The lowest BCUT2D eigenvalue weighted by molar-refractivity contribution is 0.104. The van der Waals surface area contributed by atoms with Gasteiger partial charge in [0.15, 0.2) is 0 Å². The van der Waals surface area contributed by atoms with Gasteiger partial charge in [0.25, 0.3) is 0 Å². The number of ether oxygens (including phenoxy) is 2. The van der Waals surface area contributed by atoms with Crippen LogP contribution in [0.5, 0.6) is 5.75 Å². The van der Waals surface area contributed by atoms with E-state index in [1.54, 1.807) is 7.11 Å². The summed E-state index contributed by atoms with van der Waals surface area (Å²) in [4.78, 5) is 14.4. The molecule has 3 rings (SSSR count). The van der Waals surface area contributed by atoms with Gasteiger partial charge < -0.3 is 25.0 Å². The molecule has 2 N–H and O–H groups in total. The smallest absolute Gasteiger partial charge is 0.315 e. The third kappa shape index (κ3) is 5.26. The van der Waals surface area contributed by atoms with E-state index in [1.165, 1.54) is 5.69 Å². The molecule has 2 aliphatic heterocycles. The summed E-state index contributed by atoms with van der Waals surface area (Å²) in [5.41, 5.74) is 1.21. The molecule has 0 aromatic heterocycles. The maximum atomic E-state index is 12.0. The number of benzene rings is 1. The number of piperidine rings is 1. The largest absolute Gasteiger partial charge is 0.497 e. The van der Waals surface area contributed by atoms with Crippen LogP contribution < -0.4 is 20.3 Å². The lowest BCUT2D eigenvalue weighted by atomic mass is 10.0. The lowest BCUT2D eigenvalue weighted by Crippen LogP contribution is -2.48. The van der Waals surface area contributed by atoms with Gasteiger partial charge >= 0.3 is 6.03 Å². The van der Waals surface area contributed by atoms with Gasteiger partial charge in [0.2, 0.25) is 0 Å². The molecule has 0 radical (unpaired) electrons. The second-order valence-corrected chi connectivity index (χ2v) is 6.78. The first-order valence-corrected chi connectivity index (χ1v) is 9.29. The van der Waals surface area contributed by atoms with Crippen molar-refractivity contribution in [3.8, 4) is 5.75 Å². The molecule has 1 aromatic carbocycles. The predicted octanol–water partition coefficient (Wildman–Crippen LogP) is 2.53. The van der Waals surface area contributed by atoms with E-state index < -0.39 is 0 Å². The van der Waals surface area contributed by atoms with Crippen molar-refractivity contribution in [2.24, 2.45) is 0 Å². The van der Waals surface area contributed by atoms with Crippen LogP contribution >= 0.6 is 0 Å². The Morgan fingerprint density at radius 2 is 2.00 bits per heavy atom. The Morgan fingerprint density at radius 3 is 2.64 bits per heavy atom. The van der Waals surface area contributed by atoms with Gasteiger partial charge in [0.05, 0.1) is 13.2 Å². The van der Waals surface area contributed by atoms with Crippen LogP contribution in [0.4, 0.5) is 10.5 Å². The maximum Gasteiger partial charge on any atom is 0.315 e. The Bertz CT molecular complexity index is 535. The zero-order valence-electron chi connectivity index (χ0n) is 15.0. The van der Waals surface area contributed by atoms with Crippen LogP contribution in [0.25, 0.3) is 0 Å². The molecule has 6 nitrogen and oxygen atoms in total. The second kappa shape index (κ2) is 8.94. The number of urea groups is 1. The van der Waals surface area contributed by atoms with E-state index in [-0.39, 0.29) is 12.1 Å². The number of hydrogen-bond donors (Lipinski definition) is 2. The second-order valence-electron chi connectivity index (χ2n) is 6.78. The van der Waals surface area contributed by atoms with Crippen molar-refractivity contribution in [3.05, 3.63) is 24.3 Å². The quantitative estimate of drug-likeness (QED) is 0.830. The number of nitrogens with one attached hydrogen (secondary N) is 2. The molecule has 25 heavy (non-hydrogen) atoms. The van der Waals surface area contributed by atoms with Crippen molar-refractivity contribution in [2.75, 3.05) is 38.3 Å². The lowest BCUT2D eigenvalue weighted by Gasteiger charge is -2.34. The van der Waals surface area contributed by atoms with Gasteiger partial charge in [0.1, 0.15) is 5.75 Å². The minimum atomic E-state index is -0.0547. The third-order valence-corrected chi connectivity index (χ3v) is 5.04. The number of rotatable bonds is 6. The van der Waals surface area contributed by atoms with Gasteiger partial charge in [-0.2, -0.15) is 0 Å². The van der Waals surface area contributed by atoms with Crippen molar-refractivity contribution < 1.29 is 14.3 Å². The fourth-order valence-corrected chi connectivity index (χ4v) is 3.53. The fourth-order valence-electron chi connectivity index (χ4n) is 3.53. The normalized spacial score (nSPS) is 21.2. The molecule has 1 atom stereocenters. The number of hydrogen-bond acceptors (Lipinski definition) is 4. The molecule has 1 unspecified atom stereocenters. The third-order valence-electron chi connectivity index (χ3n) is 5.04. The van der Waals surface area contributed by atoms with Crippen molar-refractivity contribution in [2.45, 2.75) is 44.2 Å². The van der Waals surface area contributed by atoms with Crippen molar-refractivity contribution in [1.29, 1.82) is 0 Å². The minimum Gasteiger partial charge on any atom is -0.497 e. The highest BCUT2D eigenvalue weighted by atomic mass is 16.5. The van der Waals surface area contributed by atoms with Crippen molar-refractivity contribution in [1.82, 2.24) is 10.6 Å². The molecule has 2 amide bonds. The van der Waals surface area contributed by atoms with E-state index in [2.05, 4.69) is 27.7 Å². The summed E-state index contributed by atoms with van der Waals surface area (Å²) in [5, 5.41) is 6.05. The van der Waals surface area contributed by atoms with Crippen LogP contribution in [0, 0.1) is 0 Å². The summed E-state index contributed by atoms with van der Waals surface area (Å²) < 4.78 is 10.8. The van der Waals surface area contributed by atoms with Crippen LogP contribution in [0.2, 0.25) is 0 Å². The van der Waals surface area contributed by atoms with E-state index in [0.29, 0.717) is 12.6 Å². The Labute approximate surface area is 149 Å². The van der Waals surface area contributed by atoms with Crippen LogP contribution in [-0.4, -0.2) is 51.5 Å². The summed E-state index contributed by atoms with van der Waals surface area (Å²) in [6, 6.07) is 8.34. The van der Waals surface area contributed by atoms with Crippen LogP contribution in [0.15, 0.2) is 24.3 Å². The molecule has 0 spiro atoms. The van der Waals surface area contributed by atoms with Crippen LogP contribution in [0.3, 0.4) is 0 Å². The summed E-state index contributed by atoms with van der Waals surface area (Å²) in [6.07, 6.45) is 5.42. The van der Waals surface area contributed by atoms with E-state index >= 15 is 0 Å². The van der Waals surface area contributed by atoms with E-state index in [1.807, 2.05) is 12.1 Å². The molecule has 0 bridgehead atoms. The monoisotopic (exact) mass is 347 g/mol. The topological polar surface area (TPSA) is 62.8 Å². The Morgan fingerprint density at radius 1 is 1.24 bits per heavy atom. The Hall–Kier alpha value is -1.95. The first-order chi connectivity index (χ1) is 12.2. The number of nitrogens with zero attached hydrogens (tertiary/aromatic N) is 1. The molecule has 2 saturated heterocycles. The zero-order valence-corrected chi connectivity index (χ0v) is 15.0. The highest BCUT2D eigenvalue weighted by molar-refractivity contribution is 5.74. The number of methoxy groups -OCH3 is 1. The number of carbonyl (C=O) groups excluding carboxylic acids is 1. The predicted molar refractivity (Wildman–Crippen MR) is 98.4 cm³/mol. The van der Waals surface area contributed by atoms with Gasteiger partial charge in [-0.3, -0.25) is 0 Å². The fraction of sp³-hybridized carbons (Fsp3) is 0.632. The van der Waals surface area contributed by atoms with E-state index in [0.717, 1.165) is 57.6 Å². The molecule has 138 valence electrons. The molecule has 2 aliphatic rings. The molecule has 1 aromatic rings. The molecule has 0 aliphatic carbocycles. The molecular weight excluding hydrogens is 318 g/mol. The summed E-state index contributed by atoms with van der Waals surface area (Å²) in [6.45, 7) is 3.45. The highest BCUT2D eigenvalue weighted by Gasteiger charge is 2.21.